The van der Waals surface area contributed by atoms with Gasteiger partial charge in [-0.3, -0.25) is 4.79 Å². The van der Waals surface area contributed by atoms with Gasteiger partial charge in [-0.1, -0.05) is 36.4 Å². The van der Waals surface area contributed by atoms with Crippen LogP contribution < -0.4 is 10.0 Å². The van der Waals surface area contributed by atoms with Crippen LogP contribution in [0.15, 0.2) is 75.3 Å². The highest BCUT2D eigenvalue weighted by Gasteiger charge is 2.23. The molecule has 0 spiro atoms. The summed E-state index contributed by atoms with van der Waals surface area (Å²) in [4.78, 5) is 22.3. The summed E-state index contributed by atoms with van der Waals surface area (Å²) in [5, 5.41) is 2.95. The Morgan fingerprint density at radius 3 is 2.85 bits per heavy atom. The minimum atomic E-state index is -0.262. The molecule has 0 aliphatic carbocycles. The predicted octanol–water partition coefficient (Wildman–Crippen LogP) is 3.57. The number of aliphatic imine (C=N–C) groups is 1. The lowest BCUT2D eigenvalue weighted by Crippen LogP contribution is -2.40. The third-order valence-corrected chi connectivity index (χ3v) is 5.21. The topological polar surface area (TPSA) is 79.5 Å². The van der Waals surface area contributed by atoms with Crippen molar-refractivity contribution in [2.45, 2.75) is 17.7 Å². The molecule has 2 N–H and O–H groups in total. The van der Waals surface area contributed by atoms with E-state index in [1.54, 1.807) is 12.5 Å². The summed E-state index contributed by atoms with van der Waals surface area (Å²) in [6, 6.07) is 15.7. The van der Waals surface area contributed by atoms with Crippen LogP contribution in [0.25, 0.3) is 0 Å². The van der Waals surface area contributed by atoms with Gasteiger partial charge in [-0.2, -0.15) is 0 Å². The molecule has 0 fully saturated rings. The first-order valence-corrected chi connectivity index (χ1v) is 9.37. The first-order valence-electron chi connectivity index (χ1n) is 8.56. The maximum atomic E-state index is 12.6. The Balaban J connectivity index is 1.53. The van der Waals surface area contributed by atoms with E-state index in [-0.39, 0.29) is 17.7 Å². The Hall–Kier alpha value is -3.06. The number of oxazole rings is 1. The van der Waals surface area contributed by atoms with Crippen LogP contribution in [0.4, 0.5) is 5.69 Å². The second kappa shape index (κ2) is 7.67. The molecule has 0 saturated heterocycles. The lowest BCUT2D eigenvalue weighted by Gasteiger charge is -2.19. The molecule has 4 rings (SSSR count). The average molecular weight is 378 g/mol. The maximum Gasteiger partial charge on any atom is 0.287 e. The van der Waals surface area contributed by atoms with Gasteiger partial charge in [-0.15, -0.1) is 0 Å². The number of amides is 1. The summed E-state index contributed by atoms with van der Waals surface area (Å²) in [5.41, 5.74) is 2.97. The Kier molecular flexibility index (Phi) is 4.93. The molecule has 0 saturated carbocycles. The van der Waals surface area contributed by atoms with Crippen LogP contribution in [0.2, 0.25) is 0 Å². The van der Waals surface area contributed by atoms with Gasteiger partial charge >= 0.3 is 0 Å². The second-order valence-corrected chi connectivity index (χ2v) is 6.97. The fourth-order valence-corrected chi connectivity index (χ4v) is 3.68. The fourth-order valence-electron chi connectivity index (χ4n) is 2.97. The van der Waals surface area contributed by atoms with Gasteiger partial charge in [0.1, 0.15) is 6.26 Å². The third-order valence-electron chi connectivity index (χ3n) is 4.35. The number of benzene rings is 2. The summed E-state index contributed by atoms with van der Waals surface area (Å²) in [6.45, 7) is 2.39. The number of aryl methyl sites for hydroxylation is 1. The molecule has 2 aromatic carbocycles. The quantitative estimate of drug-likeness (QED) is 0.664. The van der Waals surface area contributed by atoms with Gasteiger partial charge in [0.15, 0.2) is 0 Å². The van der Waals surface area contributed by atoms with Gasteiger partial charge in [-0.25, -0.2) is 9.98 Å². The molecule has 136 valence electrons. The Labute approximate surface area is 161 Å². The van der Waals surface area contributed by atoms with Gasteiger partial charge in [-0.05, 0) is 42.1 Å². The number of hydrogen-bond acceptors (Lipinski definition) is 6. The molecule has 2 heterocycles. The minimum absolute atomic E-state index is 0.172. The predicted molar refractivity (Wildman–Crippen MR) is 105 cm³/mol. The number of fused-ring (bicyclic) bond motifs is 1. The lowest BCUT2D eigenvalue weighted by molar-refractivity contribution is -0.115. The van der Waals surface area contributed by atoms with Crippen LogP contribution >= 0.6 is 11.9 Å². The number of rotatable bonds is 5. The van der Waals surface area contributed by atoms with Crippen molar-refractivity contribution < 1.29 is 9.21 Å². The van der Waals surface area contributed by atoms with E-state index in [0.29, 0.717) is 12.4 Å². The van der Waals surface area contributed by atoms with E-state index in [4.69, 9.17) is 4.42 Å². The molecule has 1 unspecified atom stereocenters. The van der Waals surface area contributed by atoms with Gasteiger partial charge in [0.2, 0.25) is 11.7 Å². The maximum absolute atomic E-state index is 12.6. The summed E-state index contributed by atoms with van der Waals surface area (Å²) in [7, 11) is 0. The van der Waals surface area contributed by atoms with E-state index in [9.17, 15) is 4.79 Å². The van der Waals surface area contributed by atoms with Gasteiger partial charge < -0.3 is 14.5 Å². The molecule has 0 bridgehead atoms. The van der Waals surface area contributed by atoms with Crippen molar-refractivity contribution in [1.82, 2.24) is 15.0 Å². The molecule has 1 aromatic heterocycles. The number of carbonyl (C=O) groups excluding carboxylic acids is 1. The molecule has 27 heavy (non-hydrogen) atoms. The van der Waals surface area contributed by atoms with Crippen LogP contribution in [0, 0.1) is 6.92 Å². The highest BCUT2D eigenvalue weighted by atomic mass is 32.2. The molecule has 3 aromatic rings. The van der Waals surface area contributed by atoms with E-state index >= 15 is 0 Å². The van der Waals surface area contributed by atoms with E-state index in [0.717, 1.165) is 21.7 Å². The Morgan fingerprint density at radius 2 is 2.04 bits per heavy atom. The Bertz CT molecular complexity index is 985. The normalized spacial score (nSPS) is 13.9. The van der Waals surface area contributed by atoms with Crippen LogP contribution in [-0.2, 0) is 4.79 Å². The van der Waals surface area contributed by atoms with E-state index in [1.807, 2.05) is 55.5 Å². The van der Waals surface area contributed by atoms with Gasteiger partial charge in [0.05, 0.1) is 22.7 Å². The molecule has 7 heteroatoms. The van der Waals surface area contributed by atoms with Crippen molar-refractivity contribution in [3.63, 3.8) is 0 Å². The molecule has 1 aliphatic heterocycles. The third kappa shape index (κ3) is 3.73. The zero-order valence-corrected chi connectivity index (χ0v) is 15.5. The number of aromatic nitrogens is 1. The van der Waals surface area contributed by atoms with Crippen LogP contribution in [0.1, 0.15) is 22.9 Å². The van der Waals surface area contributed by atoms with Crippen molar-refractivity contribution in [2.75, 3.05) is 6.54 Å². The van der Waals surface area contributed by atoms with Crippen molar-refractivity contribution in [1.29, 1.82) is 0 Å². The van der Waals surface area contributed by atoms with Crippen molar-refractivity contribution >= 4 is 29.4 Å². The summed E-state index contributed by atoms with van der Waals surface area (Å²) in [6.07, 6.45) is 3.16. The minimum Gasteiger partial charge on any atom is -0.448 e. The highest BCUT2D eigenvalue weighted by Crippen LogP contribution is 2.30. The monoisotopic (exact) mass is 378 g/mol. The molecule has 1 aliphatic rings. The molecule has 1 amide bonds. The van der Waals surface area contributed by atoms with E-state index < -0.39 is 0 Å². The molecule has 1 atom stereocenters. The van der Waals surface area contributed by atoms with Gasteiger partial charge in [0, 0.05) is 6.54 Å². The Morgan fingerprint density at radius 1 is 1.22 bits per heavy atom. The number of amidine groups is 1. The summed E-state index contributed by atoms with van der Waals surface area (Å²) in [5.74, 6) is 0.425. The zero-order valence-electron chi connectivity index (χ0n) is 14.7. The standard InChI is InChI=1S/C20H18N4O2S/c1-13-6-2-3-7-14(13)15(20-21-10-11-26-20)12-22-19(25)18-23-16-8-4-5-9-17(16)27-24-18/h2-11,15H,12H2,1H3,(H,22,25)(H,23,24). The van der Waals surface area contributed by atoms with Crippen LogP contribution in [0.3, 0.4) is 0 Å². The smallest absolute Gasteiger partial charge is 0.287 e. The zero-order chi connectivity index (χ0) is 18.6. The SMILES string of the molecule is Cc1ccccc1C(CNC(=O)C1=Nc2ccccc2SN1)c1ncco1. The molecule has 6 nitrogen and oxygen atoms in total. The molecular weight excluding hydrogens is 360 g/mol. The summed E-state index contributed by atoms with van der Waals surface area (Å²) < 4.78 is 8.52. The molecular formula is C20H18N4O2S. The average Bonchev–Trinajstić information content (AvgIpc) is 3.23. The van der Waals surface area contributed by atoms with Crippen molar-refractivity contribution in [3.8, 4) is 0 Å². The summed E-state index contributed by atoms with van der Waals surface area (Å²) >= 11 is 1.38. The van der Waals surface area contributed by atoms with Crippen molar-refractivity contribution in [3.05, 3.63) is 78.0 Å². The first kappa shape index (κ1) is 17.4. The highest BCUT2D eigenvalue weighted by molar-refractivity contribution is 7.98. The number of carbonyl (C=O) groups is 1. The number of hydrogen-bond donors (Lipinski definition) is 2. The number of nitrogens with one attached hydrogen (secondary N) is 2. The number of nitrogens with zero attached hydrogens (tertiary/aromatic N) is 2. The van der Waals surface area contributed by atoms with E-state index in [2.05, 4.69) is 20.0 Å². The molecule has 0 radical (unpaired) electrons. The first-order chi connectivity index (χ1) is 13.2. The number of para-hydroxylation sites is 1. The van der Waals surface area contributed by atoms with Crippen LogP contribution in [-0.4, -0.2) is 23.3 Å². The van der Waals surface area contributed by atoms with Crippen LogP contribution in [0.5, 0.6) is 0 Å². The fraction of sp³-hybridized carbons (Fsp3) is 0.150. The van der Waals surface area contributed by atoms with E-state index in [1.165, 1.54) is 11.9 Å². The lowest BCUT2D eigenvalue weighted by atomic mass is 9.94. The van der Waals surface area contributed by atoms with Gasteiger partial charge in [0.25, 0.3) is 5.91 Å². The largest absolute Gasteiger partial charge is 0.448 e. The second-order valence-electron chi connectivity index (χ2n) is 6.12. The van der Waals surface area contributed by atoms with Crippen molar-refractivity contribution in [2.24, 2.45) is 4.99 Å².